The fraction of sp³-hybridized carbons (Fsp3) is 0.182. The molecular formula is C11H10ClN3OS. The summed E-state index contributed by atoms with van der Waals surface area (Å²) in [7, 11) is 0. The molecule has 4 nitrogen and oxygen atoms in total. The molecule has 2 aromatic rings. The molecular weight excluding hydrogens is 258 g/mol. The Hall–Kier alpha value is -1.46. The van der Waals surface area contributed by atoms with E-state index in [0.29, 0.717) is 17.1 Å². The number of hydrogen-bond donors (Lipinski definition) is 1. The monoisotopic (exact) mass is 267 g/mol. The summed E-state index contributed by atoms with van der Waals surface area (Å²) < 4.78 is 0. The maximum atomic E-state index is 11.7. The van der Waals surface area contributed by atoms with Crippen molar-refractivity contribution in [1.29, 1.82) is 0 Å². The zero-order valence-corrected chi connectivity index (χ0v) is 10.7. The van der Waals surface area contributed by atoms with Gasteiger partial charge in [-0.1, -0.05) is 22.9 Å². The van der Waals surface area contributed by atoms with Crippen LogP contribution < -0.4 is 5.32 Å². The second-order valence-corrected chi connectivity index (χ2v) is 5.11. The number of aryl methyl sites for hydroxylation is 1. The smallest absolute Gasteiger partial charge is 0.251 e. The number of carbonyl (C=O) groups is 1. The predicted octanol–water partition coefficient (Wildman–Crippen LogP) is 2.43. The number of carbonyl (C=O) groups excluding carboxylic acids is 1. The van der Waals surface area contributed by atoms with Gasteiger partial charge in [0.1, 0.15) is 10.0 Å². The number of amides is 1. The van der Waals surface area contributed by atoms with Crippen LogP contribution in [0.2, 0.25) is 5.02 Å². The maximum absolute atomic E-state index is 11.7. The van der Waals surface area contributed by atoms with Gasteiger partial charge in [-0.15, -0.1) is 10.2 Å². The summed E-state index contributed by atoms with van der Waals surface area (Å²) in [5.74, 6) is -0.144. The van der Waals surface area contributed by atoms with Gasteiger partial charge in [0.2, 0.25) is 0 Å². The van der Waals surface area contributed by atoms with Crippen molar-refractivity contribution < 1.29 is 4.79 Å². The summed E-state index contributed by atoms with van der Waals surface area (Å²) in [5, 5.41) is 12.9. The first-order chi connectivity index (χ1) is 8.15. The Morgan fingerprint density at radius 2 is 2.06 bits per heavy atom. The van der Waals surface area contributed by atoms with E-state index in [1.165, 1.54) is 11.3 Å². The zero-order chi connectivity index (χ0) is 12.3. The Bertz CT molecular complexity index is 524. The van der Waals surface area contributed by atoms with Crippen molar-refractivity contribution in [3.8, 4) is 0 Å². The van der Waals surface area contributed by atoms with Crippen LogP contribution in [0.4, 0.5) is 0 Å². The first kappa shape index (κ1) is 12.0. The molecule has 1 aromatic carbocycles. The molecule has 6 heteroatoms. The van der Waals surface area contributed by atoms with Crippen molar-refractivity contribution in [2.24, 2.45) is 0 Å². The summed E-state index contributed by atoms with van der Waals surface area (Å²) >= 11 is 7.21. The Balaban J connectivity index is 1.95. The van der Waals surface area contributed by atoms with E-state index < -0.39 is 0 Å². The number of nitrogens with zero attached hydrogens (tertiary/aromatic N) is 2. The van der Waals surface area contributed by atoms with Gasteiger partial charge in [-0.2, -0.15) is 0 Å². The van der Waals surface area contributed by atoms with Gasteiger partial charge in [-0.25, -0.2) is 0 Å². The minimum absolute atomic E-state index is 0.144. The van der Waals surface area contributed by atoms with Crippen molar-refractivity contribution >= 4 is 28.8 Å². The second-order valence-electron chi connectivity index (χ2n) is 3.40. The van der Waals surface area contributed by atoms with Crippen LogP contribution in [0.3, 0.4) is 0 Å². The van der Waals surface area contributed by atoms with Crippen molar-refractivity contribution in [2.75, 3.05) is 0 Å². The number of rotatable bonds is 3. The Morgan fingerprint density at radius 1 is 1.35 bits per heavy atom. The standard InChI is InChI=1S/C11H10ClN3OS/c1-7-14-15-10(17-7)6-13-11(16)8-2-4-9(12)5-3-8/h2-5H,6H2,1H3,(H,13,16). The average molecular weight is 268 g/mol. The van der Waals surface area contributed by atoms with E-state index in [1.807, 2.05) is 6.92 Å². The topological polar surface area (TPSA) is 54.9 Å². The van der Waals surface area contributed by atoms with Gasteiger partial charge >= 0.3 is 0 Å². The summed E-state index contributed by atoms with van der Waals surface area (Å²) in [6, 6.07) is 6.74. The van der Waals surface area contributed by atoms with Crippen LogP contribution in [0.15, 0.2) is 24.3 Å². The van der Waals surface area contributed by atoms with Crippen LogP contribution in [0.5, 0.6) is 0 Å². The lowest BCUT2D eigenvalue weighted by Crippen LogP contribution is -2.22. The average Bonchev–Trinajstić information content (AvgIpc) is 2.73. The van der Waals surface area contributed by atoms with E-state index in [-0.39, 0.29) is 5.91 Å². The molecule has 1 amide bonds. The largest absolute Gasteiger partial charge is 0.345 e. The molecule has 2 rings (SSSR count). The summed E-state index contributed by atoms with van der Waals surface area (Å²) in [4.78, 5) is 11.7. The third-order valence-corrected chi connectivity index (χ3v) is 3.17. The Morgan fingerprint density at radius 3 is 2.65 bits per heavy atom. The van der Waals surface area contributed by atoms with Crippen LogP contribution in [0.25, 0.3) is 0 Å². The summed E-state index contributed by atoms with van der Waals surface area (Å²) in [5.41, 5.74) is 0.579. The van der Waals surface area contributed by atoms with Gasteiger partial charge in [-0.05, 0) is 31.2 Å². The molecule has 0 radical (unpaired) electrons. The highest BCUT2D eigenvalue weighted by Crippen LogP contribution is 2.10. The molecule has 0 aliphatic carbocycles. The molecule has 0 spiro atoms. The van der Waals surface area contributed by atoms with Gasteiger partial charge < -0.3 is 5.32 Å². The molecule has 0 bridgehead atoms. The highest BCUT2D eigenvalue weighted by Gasteiger charge is 2.06. The van der Waals surface area contributed by atoms with E-state index in [2.05, 4.69) is 15.5 Å². The lowest BCUT2D eigenvalue weighted by molar-refractivity contribution is 0.0951. The van der Waals surface area contributed by atoms with E-state index in [4.69, 9.17) is 11.6 Å². The molecule has 88 valence electrons. The van der Waals surface area contributed by atoms with Crippen LogP contribution in [0.1, 0.15) is 20.4 Å². The minimum Gasteiger partial charge on any atom is -0.345 e. The van der Waals surface area contributed by atoms with Gasteiger partial charge in [-0.3, -0.25) is 4.79 Å². The molecule has 0 saturated carbocycles. The first-order valence-electron chi connectivity index (χ1n) is 4.98. The van der Waals surface area contributed by atoms with Crippen molar-refractivity contribution in [3.05, 3.63) is 44.9 Å². The van der Waals surface area contributed by atoms with E-state index >= 15 is 0 Å². The maximum Gasteiger partial charge on any atom is 0.251 e. The van der Waals surface area contributed by atoms with E-state index in [1.54, 1.807) is 24.3 Å². The number of halogens is 1. The highest BCUT2D eigenvalue weighted by atomic mass is 35.5. The van der Waals surface area contributed by atoms with Crippen LogP contribution in [0, 0.1) is 6.92 Å². The fourth-order valence-corrected chi connectivity index (χ4v) is 2.04. The van der Waals surface area contributed by atoms with E-state index in [0.717, 1.165) is 10.0 Å². The SMILES string of the molecule is Cc1nnc(CNC(=O)c2ccc(Cl)cc2)s1. The number of aromatic nitrogens is 2. The Labute approximate surface area is 108 Å². The molecule has 1 N–H and O–H groups in total. The summed E-state index contributed by atoms with van der Waals surface area (Å²) in [6.45, 7) is 2.27. The fourth-order valence-electron chi connectivity index (χ4n) is 1.27. The molecule has 0 aliphatic rings. The molecule has 1 heterocycles. The first-order valence-corrected chi connectivity index (χ1v) is 6.17. The minimum atomic E-state index is -0.144. The molecule has 0 fully saturated rings. The molecule has 0 atom stereocenters. The number of hydrogen-bond acceptors (Lipinski definition) is 4. The number of nitrogens with one attached hydrogen (secondary N) is 1. The van der Waals surface area contributed by atoms with Crippen LogP contribution in [-0.4, -0.2) is 16.1 Å². The van der Waals surface area contributed by atoms with Crippen molar-refractivity contribution in [1.82, 2.24) is 15.5 Å². The van der Waals surface area contributed by atoms with Crippen molar-refractivity contribution in [3.63, 3.8) is 0 Å². The lowest BCUT2D eigenvalue weighted by Gasteiger charge is -2.02. The number of benzene rings is 1. The van der Waals surface area contributed by atoms with Gasteiger partial charge in [0, 0.05) is 10.6 Å². The summed E-state index contributed by atoms with van der Waals surface area (Å²) in [6.07, 6.45) is 0. The van der Waals surface area contributed by atoms with Crippen LogP contribution >= 0.6 is 22.9 Å². The molecule has 17 heavy (non-hydrogen) atoms. The van der Waals surface area contributed by atoms with Crippen molar-refractivity contribution in [2.45, 2.75) is 13.5 Å². The zero-order valence-electron chi connectivity index (χ0n) is 9.11. The lowest BCUT2D eigenvalue weighted by atomic mass is 10.2. The predicted molar refractivity (Wildman–Crippen MR) is 67.3 cm³/mol. The van der Waals surface area contributed by atoms with Crippen LogP contribution in [-0.2, 0) is 6.54 Å². The van der Waals surface area contributed by atoms with E-state index in [9.17, 15) is 4.79 Å². The third kappa shape index (κ3) is 3.25. The Kier molecular flexibility index (Phi) is 3.71. The molecule has 1 aromatic heterocycles. The normalized spacial score (nSPS) is 10.2. The van der Waals surface area contributed by atoms with Gasteiger partial charge in [0.25, 0.3) is 5.91 Å². The highest BCUT2D eigenvalue weighted by molar-refractivity contribution is 7.11. The molecule has 0 unspecified atom stereocenters. The van der Waals surface area contributed by atoms with Gasteiger partial charge in [0.15, 0.2) is 0 Å². The second kappa shape index (κ2) is 5.25. The molecule has 0 aliphatic heterocycles. The molecule has 0 saturated heterocycles. The van der Waals surface area contributed by atoms with Gasteiger partial charge in [0.05, 0.1) is 6.54 Å². The quantitative estimate of drug-likeness (QED) is 0.929. The third-order valence-electron chi connectivity index (χ3n) is 2.07.